The summed E-state index contributed by atoms with van der Waals surface area (Å²) in [5.41, 5.74) is 0. The van der Waals surface area contributed by atoms with E-state index in [1.807, 2.05) is 0 Å². The molecule has 24 nitrogen and oxygen atoms in total. The van der Waals surface area contributed by atoms with Crippen LogP contribution in [0.2, 0.25) is 0 Å². The summed E-state index contributed by atoms with van der Waals surface area (Å²) in [6, 6.07) is 0. The molecule has 30 heteroatoms. The van der Waals surface area contributed by atoms with Gasteiger partial charge in [-0.1, -0.05) is 0 Å². The highest BCUT2D eigenvalue weighted by molar-refractivity contribution is 7.62. The van der Waals surface area contributed by atoms with Crippen molar-refractivity contribution in [3.63, 3.8) is 0 Å². The fourth-order valence-corrected chi connectivity index (χ4v) is 12.9. The second kappa shape index (κ2) is 9.64. The predicted molar refractivity (Wildman–Crippen MR) is 102 cm³/mol. The Morgan fingerprint density at radius 3 is 0.861 bits per heavy atom. The highest BCUT2D eigenvalue weighted by Gasteiger charge is 2.95. The Morgan fingerprint density at radius 2 is 0.694 bits per heavy atom. The van der Waals surface area contributed by atoms with E-state index in [0.29, 0.717) is 0 Å². The van der Waals surface area contributed by atoms with Crippen molar-refractivity contribution in [2.75, 3.05) is 0 Å². The van der Waals surface area contributed by atoms with Crippen molar-refractivity contribution in [2.24, 2.45) is 0 Å². The molecule has 1 aliphatic carbocycles. The molecule has 1 saturated carbocycles. The molecule has 0 aliphatic heterocycles. The van der Waals surface area contributed by atoms with Gasteiger partial charge in [-0.25, -0.2) is 13.7 Å². The zero-order chi connectivity index (χ0) is 29.4. The maximum atomic E-state index is 12.6. The van der Waals surface area contributed by atoms with Crippen LogP contribution in [0.4, 0.5) is 0 Å². The molecule has 1 fully saturated rings. The summed E-state index contributed by atoms with van der Waals surface area (Å²) in [5.74, 6) is 0. The van der Waals surface area contributed by atoms with Crippen molar-refractivity contribution in [1.82, 2.24) is 0 Å². The van der Waals surface area contributed by atoms with Crippen LogP contribution in [0.15, 0.2) is 0 Å². The molecule has 0 aromatic rings. The first-order valence-electron chi connectivity index (χ1n) is 7.84. The molecule has 1 aliphatic rings. The normalized spacial score (nSPS) is 35.6. The van der Waals surface area contributed by atoms with E-state index in [0.717, 1.165) is 0 Å². The van der Waals surface area contributed by atoms with Gasteiger partial charge in [-0.3, -0.25) is 27.3 Å². The standard InChI is InChI=1S/C6H18O24P6/c7-1-2(8)4(31(10,11)12,28-34(19,20)21)6(33(16,17)18,30-36(25,26)27)5(3(1)9,32(13,14)15)29-35(22,23)24/h1-3,7-9H,(H2,10,11,12)(H2,13,14,15)(H2,16,17,18)(H2,19,20,21)(H2,22,23,24)(H2,25,26,27)/t1?,2-,3+,4-,5+,6?. The number of aliphatic hydroxyl groups is 3. The fourth-order valence-electron chi connectivity index (χ4n) is 3.51. The topological polar surface area (TPSA) is 434 Å². The molecule has 0 bridgehead atoms. The summed E-state index contributed by atoms with van der Waals surface area (Å²) in [7, 11) is -43.5. The molecule has 0 spiro atoms. The SMILES string of the molecule is O=P(O)(O)OC1(P(=O)(O)O)[C@@](OP(=O)(O)O)(P(=O)(O)O)[C@@H](O)C(O)[C@@H](O)[C@@]1(OP(=O)(O)O)P(=O)(O)O. The van der Waals surface area contributed by atoms with Gasteiger partial charge in [0.05, 0.1) is 0 Å². The monoisotopic (exact) mass is 660 g/mol. The van der Waals surface area contributed by atoms with E-state index in [1.54, 1.807) is 0 Å². The van der Waals surface area contributed by atoms with Gasteiger partial charge in [-0.05, 0) is 0 Å². The van der Waals surface area contributed by atoms with Crippen molar-refractivity contribution in [2.45, 2.75) is 34.3 Å². The summed E-state index contributed by atoms with van der Waals surface area (Å²) in [6.45, 7) is 0. The van der Waals surface area contributed by atoms with Gasteiger partial charge in [0.2, 0.25) is 0 Å². The molecule has 0 saturated heterocycles. The van der Waals surface area contributed by atoms with Crippen LogP contribution in [-0.2, 0) is 41.0 Å². The molecular formula is C6H18O24P6. The highest BCUT2D eigenvalue weighted by atomic mass is 31.2. The number of phosphoric ester groups is 3. The zero-order valence-corrected chi connectivity index (χ0v) is 21.7. The average molecular weight is 660 g/mol. The van der Waals surface area contributed by atoms with Crippen molar-refractivity contribution in [3.05, 3.63) is 0 Å². The van der Waals surface area contributed by atoms with E-state index < -0.39 is 80.6 Å². The second-order valence-corrected chi connectivity index (χ2v) is 15.5. The van der Waals surface area contributed by atoms with Crippen molar-refractivity contribution in [1.29, 1.82) is 0 Å². The minimum absolute atomic E-state index is 3.55. The lowest BCUT2D eigenvalue weighted by molar-refractivity contribution is -0.269. The lowest BCUT2D eigenvalue weighted by Gasteiger charge is -2.61. The minimum Gasteiger partial charge on any atom is -0.387 e. The summed E-state index contributed by atoms with van der Waals surface area (Å²) < 4.78 is 83.2. The number of hydrogen-bond acceptors (Lipinski definition) is 12. The van der Waals surface area contributed by atoms with E-state index in [2.05, 4.69) is 13.6 Å². The summed E-state index contributed by atoms with van der Waals surface area (Å²) in [5, 5.41) is 13.2. The molecule has 0 amide bonds. The van der Waals surface area contributed by atoms with Crippen LogP contribution in [0.5, 0.6) is 0 Å². The molecule has 0 aromatic carbocycles. The first kappa shape index (κ1) is 34.7. The van der Waals surface area contributed by atoms with Crippen LogP contribution < -0.4 is 0 Å². The Labute approximate surface area is 196 Å². The number of phosphoric acid groups is 3. The van der Waals surface area contributed by atoms with E-state index in [9.17, 15) is 81.9 Å². The molecule has 2 unspecified atom stereocenters. The minimum atomic E-state index is -7.74. The summed E-state index contributed by atoms with van der Waals surface area (Å²) in [4.78, 5) is 114. The van der Waals surface area contributed by atoms with Crippen molar-refractivity contribution >= 4 is 46.3 Å². The predicted octanol–water partition coefficient (Wildman–Crippen LogP) is -4.97. The molecular weight excluding hydrogens is 642 g/mol. The molecule has 6 atom stereocenters. The average Bonchev–Trinajstić information content (AvgIpc) is 2.53. The van der Waals surface area contributed by atoms with E-state index >= 15 is 0 Å². The van der Waals surface area contributed by atoms with E-state index in [4.69, 9.17) is 19.6 Å². The zero-order valence-electron chi connectivity index (χ0n) is 16.3. The second-order valence-electron chi connectivity index (χ2n) is 6.79. The van der Waals surface area contributed by atoms with Crippen LogP contribution in [-0.4, -0.2) is 108 Å². The fraction of sp³-hybridized carbons (Fsp3) is 1.00. The number of aliphatic hydroxyl groups excluding tert-OH is 3. The quantitative estimate of drug-likeness (QED) is 0.103. The molecule has 15 N–H and O–H groups in total. The molecule has 36 heavy (non-hydrogen) atoms. The van der Waals surface area contributed by atoms with Crippen LogP contribution in [0, 0.1) is 0 Å². The Hall–Kier alpha value is 0.660. The third-order valence-corrected chi connectivity index (χ3v) is 11.5. The first-order valence-corrected chi connectivity index (χ1v) is 17.3. The van der Waals surface area contributed by atoms with Gasteiger partial charge in [0, 0.05) is 0 Å². The van der Waals surface area contributed by atoms with Crippen LogP contribution in [0.25, 0.3) is 0 Å². The van der Waals surface area contributed by atoms with Crippen molar-refractivity contribution in [3.8, 4) is 0 Å². The third kappa shape index (κ3) is 5.61. The van der Waals surface area contributed by atoms with E-state index in [1.165, 1.54) is 0 Å². The maximum absolute atomic E-state index is 12.6. The van der Waals surface area contributed by atoms with Crippen molar-refractivity contribution < 1.29 is 115 Å². The lowest BCUT2D eigenvalue weighted by Crippen LogP contribution is -2.83. The Kier molecular flexibility index (Phi) is 9.29. The Bertz CT molecular complexity index is 1080. The van der Waals surface area contributed by atoms with Gasteiger partial charge >= 0.3 is 46.3 Å². The molecule has 1 rings (SSSR count). The van der Waals surface area contributed by atoms with Gasteiger partial charge in [-0.2, -0.15) is 0 Å². The largest absolute Gasteiger partial charge is 0.471 e. The Morgan fingerprint density at radius 1 is 0.444 bits per heavy atom. The molecule has 0 heterocycles. The van der Waals surface area contributed by atoms with Gasteiger partial charge < -0.3 is 74.0 Å². The maximum Gasteiger partial charge on any atom is 0.471 e. The van der Waals surface area contributed by atoms with Gasteiger partial charge in [-0.15, -0.1) is 0 Å². The van der Waals surface area contributed by atoms with Crippen LogP contribution >= 0.6 is 46.3 Å². The third-order valence-electron chi connectivity index (χ3n) is 4.46. The summed E-state index contributed by atoms with van der Waals surface area (Å²) in [6.07, 6.45) is -12.1. The Balaban J connectivity index is 4.93. The van der Waals surface area contributed by atoms with Gasteiger partial charge in [0.15, 0.2) is 0 Å². The lowest BCUT2D eigenvalue weighted by atomic mass is 9.83. The van der Waals surface area contributed by atoms with Gasteiger partial charge in [0.25, 0.3) is 16.0 Å². The van der Waals surface area contributed by atoms with Gasteiger partial charge in [0.1, 0.15) is 18.3 Å². The van der Waals surface area contributed by atoms with Crippen LogP contribution in [0.3, 0.4) is 0 Å². The number of rotatable bonds is 9. The molecule has 216 valence electrons. The molecule has 0 radical (unpaired) electrons. The first-order chi connectivity index (χ1) is 15.3. The van der Waals surface area contributed by atoms with Crippen LogP contribution in [0.1, 0.15) is 0 Å². The van der Waals surface area contributed by atoms with E-state index in [-0.39, 0.29) is 0 Å². The summed E-state index contributed by atoms with van der Waals surface area (Å²) >= 11 is 0. The molecule has 0 aromatic heterocycles. The highest BCUT2D eigenvalue weighted by Crippen LogP contribution is 2.85. The number of hydrogen-bond donors (Lipinski definition) is 15. The smallest absolute Gasteiger partial charge is 0.387 e.